The summed E-state index contributed by atoms with van der Waals surface area (Å²) in [7, 11) is 0. The van der Waals surface area contributed by atoms with Crippen LogP contribution in [0.3, 0.4) is 0 Å². The van der Waals surface area contributed by atoms with Crippen LogP contribution in [-0.2, 0) is 11.1 Å². The molecule has 2 aliphatic rings. The van der Waals surface area contributed by atoms with E-state index in [0.29, 0.717) is 0 Å². The van der Waals surface area contributed by atoms with Crippen molar-refractivity contribution in [1.29, 1.82) is 0 Å². The maximum atomic E-state index is 5.30. The van der Waals surface area contributed by atoms with Gasteiger partial charge in [0.25, 0.3) is 0 Å². The number of benzene rings is 3. The summed E-state index contributed by atoms with van der Waals surface area (Å²) >= 11 is 0. The van der Waals surface area contributed by atoms with Crippen molar-refractivity contribution in [1.82, 2.24) is 0 Å². The summed E-state index contributed by atoms with van der Waals surface area (Å²) in [5.74, 6) is 0. The third-order valence-electron chi connectivity index (χ3n) is 5.69. The van der Waals surface area contributed by atoms with Crippen LogP contribution in [0.1, 0.15) is 42.5 Å². The summed E-state index contributed by atoms with van der Waals surface area (Å²) in [6.07, 6.45) is 0.895. The molecule has 3 aromatic carbocycles. The highest BCUT2D eigenvalue weighted by atomic mass is 15.2. The van der Waals surface area contributed by atoms with Crippen molar-refractivity contribution in [2.75, 3.05) is 0 Å². The van der Waals surface area contributed by atoms with Gasteiger partial charge in [0.15, 0.2) is 5.66 Å². The minimum absolute atomic E-state index is 0.0531. The molecule has 0 amide bonds. The number of nitrogens with zero attached hydrogens (tertiary/aromatic N) is 2. The molecule has 0 fully saturated rings. The zero-order chi connectivity index (χ0) is 18.5. The Labute approximate surface area is 160 Å². The number of rotatable bonds is 2. The third-order valence-corrected chi connectivity index (χ3v) is 5.69. The molecule has 0 saturated heterocycles. The number of hydrogen-bond donors (Lipinski definition) is 0. The molecule has 1 heterocycles. The lowest BCUT2D eigenvalue weighted by Gasteiger charge is -2.21. The Morgan fingerprint density at radius 3 is 1.56 bits per heavy atom. The first kappa shape index (κ1) is 16.2. The Hall–Kier alpha value is -3.00. The van der Waals surface area contributed by atoms with E-state index in [2.05, 4.69) is 86.6 Å². The monoisotopic (exact) mass is 350 g/mol. The molecule has 2 heteroatoms. The first-order valence-electron chi connectivity index (χ1n) is 9.50. The molecule has 0 aromatic heterocycles. The van der Waals surface area contributed by atoms with E-state index in [0.717, 1.165) is 29.0 Å². The van der Waals surface area contributed by atoms with Gasteiger partial charge in [0, 0.05) is 23.1 Å². The highest BCUT2D eigenvalue weighted by Gasteiger charge is 2.50. The lowest BCUT2D eigenvalue weighted by Crippen LogP contribution is -2.19. The standard InChI is InChI=1S/C25H22N2/c1-24(2)17-25(21-16-10-9-15-20(21)24)26-22(18-11-5-3-6-12-18)23(27-25)19-13-7-4-8-14-19/h3-16H,17H2,1-2H3. The van der Waals surface area contributed by atoms with E-state index < -0.39 is 5.66 Å². The van der Waals surface area contributed by atoms with Crippen LogP contribution in [0.15, 0.2) is 94.9 Å². The Morgan fingerprint density at radius 2 is 1.04 bits per heavy atom. The minimum Gasteiger partial charge on any atom is -0.248 e. The molecule has 0 atom stereocenters. The SMILES string of the molecule is CC1(C)CC2(N=C(c3ccccc3)C(c3ccccc3)=N2)c2ccccc21. The van der Waals surface area contributed by atoms with Gasteiger partial charge in [-0.2, -0.15) is 0 Å². The molecule has 1 spiro atoms. The van der Waals surface area contributed by atoms with E-state index in [4.69, 9.17) is 9.98 Å². The summed E-state index contributed by atoms with van der Waals surface area (Å²) in [6.45, 7) is 4.60. The van der Waals surface area contributed by atoms with Crippen LogP contribution in [0.25, 0.3) is 0 Å². The zero-order valence-corrected chi connectivity index (χ0v) is 15.7. The first-order chi connectivity index (χ1) is 13.1. The molecule has 0 radical (unpaired) electrons. The zero-order valence-electron chi connectivity index (χ0n) is 15.7. The number of hydrogen-bond acceptors (Lipinski definition) is 2. The van der Waals surface area contributed by atoms with Gasteiger partial charge in [0.05, 0.1) is 11.4 Å². The van der Waals surface area contributed by atoms with E-state index in [1.54, 1.807) is 0 Å². The quantitative estimate of drug-likeness (QED) is 0.582. The first-order valence-corrected chi connectivity index (χ1v) is 9.50. The van der Waals surface area contributed by atoms with Crippen molar-refractivity contribution in [3.63, 3.8) is 0 Å². The lowest BCUT2D eigenvalue weighted by molar-refractivity contribution is 0.381. The predicted molar refractivity (Wildman–Crippen MR) is 112 cm³/mol. The largest absolute Gasteiger partial charge is 0.248 e. The molecule has 0 unspecified atom stereocenters. The van der Waals surface area contributed by atoms with Crippen LogP contribution in [0.4, 0.5) is 0 Å². The fraction of sp³-hybridized carbons (Fsp3) is 0.200. The van der Waals surface area contributed by atoms with Crippen LogP contribution in [0.2, 0.25) is 0 Å². The fourth-order valence-corrected chi connectivity index (χ4v) is 4.52. The molecule has 132 valence electrons. The molecule has 1 aliphatic heterocycles. The van der Waals surface area contributed by atoms with Crippen molar-refractivity contribution in [3.05, 3.63) is 107 Å². The Balaban J connectivity index is 1.76. The van der Waals surface area contributed by atoms with Crippen molar-refractivity contribution in [2.45, 2.75) is 31.3 Å². The summed E-state index contributed by atoms with van der Waals surface area (Å²) in [5, 5.41) is 0. The molecule has 0 saturated carbocycles. The number of aliphatic imine (C=N–C) groups is 2. The summed E-state index contributed by atoms with van der Waals surface area (Å²) in [6, 6.07) is 29.5. The molecule has 0 N–H and O–H groups in total. The molecule has 5 rings (SSSR count). The van der Waals surface area contributed by atoms with Gasteiger partial charge in [-0.1, -0.05) is 98.8 Å². The average Bonchev–Trinajstić information content (AvgIpc) is 3.19. The van der Waals surface area contributed by atoms with Crippen molar-refractivity contribution in [3.8, 4) is 0 Å². The van der Waals surface area contributed by atoms with E-state index in [9.17, 15) is 0 Å². The number of fused-ring (bicyclic) bond motifs is 2. The van der Waals surface area contributed by atoms with E-state index >= 15 is 0 Å². The van der Waals surface area contributed by atoms with Gasteiger partial charge in [-0.25, -0.2) is 9.98 Å². The minimum atomic E-state index is -0.517. The van der Waals surface area contributed by atoms with Gasteiger partial charge in [-0.3, -0.25) is 0 Å². The second-order valence-corrected chi connectivity index (χ2v) is 8.08. The molecule has 1 aliphatic carbocycles. The van der Waals surface area contributed by atoms with Gasteiger partial charge in [-0.15, -0.1) is 0 Å². The maximum Gasteiger partial charge on any atom is 0.178 e. The van der Waals surface area contributed by atoms with Gasteiger partial charge in [0.2, 0.25) is 0 Å². The predicted octanol–water partition coefficient (Wildman–Crippen LogP) is 5.51. The fourth-order valence-electron chi connectivity index (χ4n) is 4.52. The summed E-state index contributed by atoms with van der Waals surface area (Å²) in [5.41, 5.74) is 6.38. The van der Waals surface area contributed by atoms with Crippen LogP contribution in [0, 0.1) is 0 Å². The summed E-state index contributed by atoms with van der Waals surface area (Å²) in [4.78, 5) is 10.6. The average molecular weight is 350 g/mol. The molecular weight excluding hydrogens is 328 g/mol. The van der Waals surface area contributed by atoms with Crippen LogP contribution in [-0.4, -0.2) is 11.4 Å². The van der Waals surface area contributed by atoms with Gasteiger partial charge in [-0.05, 0) is 11.0 Å². The second-order valence-electron chi connectivity index (χ2n) is 8.08. The smallest absolute Gasteiger partial charge is 0.178 e. The van der Waals surface area contributed by atoms with Crippen LogP contribution in [0.5, 0.6) is 0 Å². The molecule has 3 aromatic rings. The topological polar surface area (TPSA) is 24.7 Å². The highest BCUT2D eigenvalue weighted by Crippen LogP contribution is 2.53. The van der Waals surface area contributed by atoms with E-state index in [-0.39, 0.29) is 5.41 Å². The van der Waals surface area contributed by atoms with Crippen molar-refractivity contribution >= 4 is 11.4 Å². The van der Waals surface area contributed by atoms with Crippen LogP contribution >= 0.6 is 0 Å². The molecular formula is C25H22N2. The van der Waals surface area contributed by atoms with E-state index in [1.165, 1.54) is 11.1 Å². The Bertz CT molecular complexity index is 1000. The van der Waals surface area contributed by atoms with Gasteiger partial charge < -0.3 is 0 Å². The second kappa shape index (κ2) is 5.75. The van der Waals surface area contributed by atoms with Crippen molar-refractivity contribution in [2.24, 2.45) is 9.98 Å². The highest BCUT2D eigenvalue weighted by molar-refractivity contribution is 6.54. The molecule has 0 bridgehead atoms. The molecule has 27 heavy (non-hydrogen) atoms. The van der Waals surface area contributed by atoms with Crippen LogP contribution < -0.4 is 0 Å². The third kappa shape index (κ3) is 2.48. The lowest BCUT2D eigenvalue weighted by atomic mass is 9.86. The van der Waals surface area contributed by atoms with Gasteiger partial charge in [0.1, 0.15) is 0 Å². The van der Waals surface area contributed by atoms with Gasteiger partial charge >= 0.3 is 0 Å². The maximum absolute atomic E-state index is 5.30. The van der Waals surface area contributed by atoms with E-state index in [1.807, 2.05) is 12.1 Å². The molecule has 2 nitrogen and oxygen atoms in total. The Kier molecular flexibility index (Phi) is 3.45. The Morgan fingerprint density at radius 1 is 0.593 bits per heavy atom. The summed E-state index contributed by atoms with van der Waals surface area (Å²) < 4.78 is 0. The van der Waals surface area contributed by atoms with Crippen molar-refractivity contribution < 1.29 is 0 Å². The normalized spacial score (nSPS) is 18.9.